The van der Waals surface area contributed by atoms with Crippen molar-refractivity contribution in [1.29, 1.82) is 0 Å². The van der Waals surface area contributed by atoms with Crippen LogP contribution in [0.2, 0.25) is 0 Å². The Morgan fingerprint density at radius 1 is 1.07 bits per heavy atom. The fourth-order valence-electron chi connectivity index (χ4n) is 3.41. The number of methoxy groups -OCH3 is 1. The Morgan fingerprint density at radius 2 is 1.71 bits per heavy atom. The highest BCUT2D eigenvalue weighted by molar-refractivity contribution is 5.77. The largest absolute Gasteiger partial charge is 0.497 e. The quantitative estimate of drug-likeness (QED) is 0.671. The topological polar surface area (TPSA) is 58.2 Å². The molecule has 0 aliphatic carbocycles. The summed E-state index contributed by atoms with van der Waals surface area (Å²) in [6, 6.07) is 18.1. The molecule has 3 rings (SSSR count). The number of amides is 1. The first-order valence-corrected chi connectivity index (χ1v) is 9.43. The second-order valence-electron chi connectivity index (χ2n) is 7.10. The molecule has 5 heteroatoms. The molecule has 1 heterocycles. The van der Waals surface area contributed by atoms with E-state index in [1.165, 1.54) is 0 Å². The first-order valence-electron chi connectivity index (χ1n) is 9.43. The van der Waals surface area contributed by atoms with Crippen LogP contribution in [0.5, 0.6) is 5.75 Å². The lowest BCUT2D eigenvalue weighted by atomic mass is 9.88. The van der Waals surface area contributed by atoms with Crippen LogP contribution in [0.1, 0.15) is 40.4 Å². The Hall–Kier alpha value is -3.08. The van der Waals surface area contributed by atoms with E-state index in [2.05, 4.69) is 22.3 Å². The van der Waals surface area contributed by atoms with Crippen molar-refractivity contribution in [3.8, 4) is 5.75 Å². The Bertz CT molecular complexity index is 897. The molecule has 0 aliphatic heterocycles. The Balaban J connectivity index is 1.81. The van der Waals surface area contributed by atoms with Crippen LogP contribution in [-0.2, 0) is 11.3 Å². The fourth-order valence-corrected chi connectivity index (χ4v) is 3.41. The molecule has 1 amide bonds. The summed E-state index contributed by atoms with van der Waals surface area (Å²) in [6.07, 6.45) is 0.406. The summed E-state index contributed by atoms with van der Waals surface area (Å²) in [4.78, 5) is 14.8. The van der Waals surface area contributed by atoms with Gasteiger partial charge in [0.15, 0.2) is 0 Å². The maximum atomic E-state index is 13.0. The predicted molar refractivity (Wildman–Crippen MR) is 110 cm³/mol. The molecule has 0 spiro atoms. The number of benzene rings is 2. The van der Waals surface area contributed by atoms with Gasteiger partial charge in [-0.15, -0.1) is 0 Å². The summed E-state index contributed by atoms with van der Waals surface area (Å²) in [6.45, 7) is 4.50. The number of hydrogen-bond donors (Lipinski definition) is 1. The number of nitrogens with one attached hydrogen (secondary N) is 1. The number of H-pyrrole nitrogens is 1. The molecule has 0 aliphatic rings. The third kappa shape index (κ3) is 4.42. The molecule has 1 aromatic heterocycles. The van der Waals surface area contributed by atoms with E-state index in [-0.39, 0.29) is 11.8 Å². The van der Waals surface area contributed by atoms with Gasteiger partial charge in [-0.2, -0.15) is 5.10 Å². The van der Waals surface area contributed by atoms with Gasteiger partial charge in [-0.05, 0) is 37.1 Å². The first-order chi connectivity index (χ1) is 13.5. The maximum Gasteiger partial charge on any atom is 0.223 e. The third-order valence-electron chi connectivity index (χ3n) is 5.20. The zero-order valence-corrected chi connectivity index (χ0v) is 16.9. The van der Waals surface area contributed by atoms with Gasteiger partial charge < -0.3 is 9.64 Å². The second-order valence-corrected chi connectivity index (χ2v) is 7.10. The van der Waals surface area contributed by atoms with Gasteiger partial charge in [0.1, 0.15) is 5.75 Å². The number of aromatic nitrogens is 2. The van der Waals surface area contributed by atoms with Crippen LogP contribution >= 0.6 is 0 Å². The summed E-state index contributed by atoms with van der Waals surface area (Å²) in [5, 5.41) is 7.21. The normalized spacial score (nSPS) is 11.9. The van der Waals surface area contributed by atoms with Crippen LogP contribution in [-0.4, -0.2) is 35.2 Å². The van der Waals surface area contributed by atoms with Gasteiger partial charge >= 0.3 is 0 Å². The summed E-state index contributed by atoms with van der Waals surface area (Å²) >= 11 is 0. The lowest BCUT2D eigenvalue weighted by molar-refractivity contribution is -0.130. The Morgan fingerprint density at radius 3 is 2.29 bits per heavy atom. The lowest BCUT2D eigenvalue weighted by Crippen LogP contribution is -2.28. The van der Waals surface area contributed by atoms with Crippen molar-refractivity contribution >= 4 is 5.91 Å². The van der Waals surface area contributed by atoms with Gasteiger partial charge in [0.05, 0.1) is 12.8 Å². The molecule has 0 radical (unpaired) electrons. The number of aryl methyl sites for hydroxylation is 2. The molecule has 0 bridgehead atoms. The zero-order valence-electron chi connectivity index (χ0n) is 16.9. The van der Waals surface area contributed by atoms with E-state index in [4.69, 9.17) is 4.74 Å². The van der Waals surface area contributed by atoms with E-state index >= 15 is 0 Å². The van der Waals surface area contributed by atoms with Crippen LogP contribution in [0.3, 0.4) is 0 Å². The molecule has 5 nitrogen and oxygen atoms in total. The first kappa shape index (κ1) is 19.7. The van der Waals surface area contributed by atoms with Crippen molar-refractivity contribution in [2.24, 2.45) is 0 Å². The van der Waals surface area contributed by atoms with Crippen LogP contribution in [0.4, 0.5) is 0 Å². The van der Waals surface area contributed by atoms with E-state index in [1.54, 1.807) is 12.0 Å². The number of hydrogen-bond acceptors (Lipinski definition) is 3. The van der Waals surface area contributed by atoms with Crippen molar-refractivity contribution in [1.82, 2.24) is 15.1 Å². The number of rotatable bonds is 7. The smallest absolute Gasteiger partial charge is 0.223 e. The minimum absolute atomic E-state index is 0.00593. The minimum Gasteiger partial charge on any atom is -0.497 e. The van der Waals surface area contributed by atoms with Gasteiger partial charge in [-0.3, -0.25) is 9.89 Å². The molecule has 0 unspecified atom stereocenters. The van der Waals surface area contributed by atoms with E-state index in [0.29, 0.717) is 13.0 Å². The molecule has 3 aromatic rings. The SMILES string of the molecule is COc1ccc([C@H](CC(=O)N(C)Cc2c(C)n[nH]c2C)c2ccccc2)cc1. The summed E-state index contributed by atoms with van der Waals surface area (Å²) in [5.41, 5.74) is 5.25. The highest BCUT2D eigenvalue weighted by atomic mass is 16.5. The molecular weight excluding hydrogens is 350 g/mol. The number of ether oxygens (including phenoxy) is 1. The van der Waals surface area contributed by atoms with E-state index in [9.17, 15) is 4.79 Å². The van der Waals surface area contributed by atoms with Crippen molar-refractivity contribution in [2.45, 2.75) is 32.7 Å². The summed E-state index contributed by atoms with van der Waals surface area (Å²) < 4.78 is 5.27. The van der Waals surface area contributed by atoms with Gasteiger partial charge in [0, 0.05) is 37.2 Å². The maximum absolute atomic E-state index is 13.0. The predicted octanol–water partition coefficient (Wildman–Crippen LogP) is 4.22. The molecule has 0 fully saturated rings. The van der Waals surface area contributed by atoms with Crippen molar-refractivity contribution < 1.29 is 9.53 Å². The van der Waals surface area contributed by atoms with Gasteiger partial charge in [0.25, 0.3) is 0 Å². The van der Waals surface area contributed by atoms with Gasteiger partial charge in [-0.1, -0.05) is 42.5 Å². The highest BCUT2D eigenvalue weighted by Crippen LogP contribution is 2.30. The average molecular weight is 377 g/mol. The van der Waals surface area contributed by atoms with E-state index in [0.717, 1.165) is 33.8 Å². The van der Waals surface area contributed by atoms with Crippen molar-refractivity contribution in [3.63, 3.8) is 0 Å². The number of carbonyl (C=O) groups is 1. The second kappa shape index (κ2) is 8.74. The highest BCUT2D eigenvalue weighted by Gasteiger charge is 2.21. The van der Waals surface area contributed by atoms with Crippen LogP contribution in [0.25, 0.3) is 0 Å². The van der Waals surface area contributed by atoms with Crippen molar-refractivity contribution in [2.75, 3.05) is 14.2 Å². The minimum atomic E-state index is -0.00593. The Kier molecular flexibility index (Phi) is 6.14. The van der Waals surface area contributed by atoms with Crippen LogP contribution < -0.4 is 4.74 Å². The number of aromatic amines is 1. The summed E-state index contributed by atoms with van der Waals surface area (Å²) in [7, 11) is 3.51. The molecule has 28 heavy (non-hydrogen) atoms. The molecular formula is C23H27N3O2. The fraction of sp³-hybridized carbons (Fsp3) is 0.304. The Labute approximate surface area is 166 Å². The summed E-state index contributed by atoms with van der Waals surface area (Å²) in [5.74, 6) is 0.906. The van der Waals surface area contributed by atoms with Crippen molar-refractivity contribution in [3.05, 3.63) is 82.7 Å². The number of nitrogens with zero attached hydrogens (tertiary/aromatic N) is 2. The van der Waals surface area contributed by atoms with Crippen LogP contribution in [0.15, 0.2) is 54.6 Å². The van der Waals surface area contributed by atoms with E-state index in [1.807, 2.05) is 63.4 Å². The molecule has 0 saturated carbocycles. The lowest BCUT2D eigenvalue weighted by Gasteiger charge is -2.23. The molecule has 0 saturated heterocycles. The average Bonchev–Trinajstić information content (AvgIpc) is 3.04. The van der Waals surface area contributed by atoms with Gasteiger partial charge in [0.2, 0.25) is 5.91 Å². The monoisotopic (exact) mass is 377 g/mol. The standard InChI is InChI=1S/C23H27N3O2/c1-16-22(17(2)25-24-16)15-26(3)23(27)14-21(18-8-6-5-7-9-18)19-10-12-20(28-4)13-11-19/h5-13,21H,14-15H2,1-4H3,(H,24,25)/t21-/m1/s1. The third-order valence-corrected chi connectivity index (χ3v) is 5.20. The molecule has 146 valence electrons. The molecule has 2 aromatic carbocycles. The molecule has 1 atom stereocenters. The zero-order chi connectivity index (χ0) is 20.1. The molecule has 1 N–H and O–H groups in total. The van der Waals surface area contributed by atoms with E-state index < -0.39 is 0 Å². The van der Waals surface area contributed by atoms with Crippen LogP contribution in [0, 0.1) is 13.8 Å². The number of carbonyl (C=O) groups excluding carboxylic acids is 1. The van der Waals surface area contributed by atoms with Gasteiger partial charge in [-0.25, -0.2) is 0 Å².